The molecule has 2 heterocycles. The summed E-state index contributed by atoms with van der Waals surface area (Å²) in [6, 6.07) is 0. The van der Waals surface area contributed by atoms with E-state index in [9.17, 15) is 9.59 Å². The summed E-state index contributed by atoms with van der Waals surface area (Å²) in [6.45, 7) is 0.608. The summed E-state index contributed by atoms with van der Waals surface area (Å²) in [5.41, 5.74) is 0.820. The molecule has 5 heteroatoms. The Hall–Kier alpha value is -1.49. The van der Waals surface area contributed by atoms with Gasteiger partial charge in [0.25, 0.3) is 5.56 Å². The van der Waals surface area contributed by atoms with E-state index in [4.69, 9.17) is 4.74 Å². The van der Waals surface area contributed by atoms with Crippen molar-refractivity contribution in [1.29, 1.82) is 0 Å². The number of aromatic nitrogens is 2. The first-order valence-corrected chi connectivity index (χ1v) is 3.46. The van der Waals surface area contributed by atoms with Gasteiger partial charge < -0.3 is 9.72 Å². The van der Waals surface area contributed by atoms with Crippen molar-refractivity contribution in [3.8, 4) is 0 Å². The summed E-state index contributed by atoms with van der Waals surface area (Å²) in [6.07, 6.45) is 0.514. The van der Waals surface area contributed by atoms with Gasteiger partial charge in [-0.15, -0.1) is 0 Å². The van der Waals surface area contributed by atoms with Gasteiger partial charge in [0.15, 0.2) is 12.1 Å². The molecule has 0 aliphatic carbocycles. The zero-order valence-electron chi connectivity index (χ0n) is 6.16. The maximum absolute atomic E-state index is 11.2. The summed E-state index contributed by atoms with van der Waals surface area (Å²) in [5, 5.41) is 0. The Morgan fingerprint density at radius 3 is 3.08 bits per heavy atom. The monoisotopic (exact) mass is 166 g/mol. The van der Waals surface area contributed by atoms with Gasteiger partial charge in [0, 0.05) is 0 Å². The van der Waals surface area contributed by atoms with E-state index < -0.39 is 0 Å². The third kappa shape index (κ3) is 0.947. The van der Waals surface area contributed by atoms with Gasteiger partial charge in [-0.3, -0.25) is 9.59 Å². The lowest BCUT2D eigenvalue weighted by Crippen LogP contribution is -2.16. The Morgan fingerprint density at radius 1 is 1.50 bits per heavy atom. The highest BCUT2D eigenvalue weighted by atomic mass is 16.5. The Morgan fingerprint density at radius 2 is 2.33 bits per heavy atom. The first-order valence-electron chi connectivity index (χ1n) is 3.46. The maximum atomic E-state index is 11.2. The van der Waals surface area contributed by atoms with Crippen molar-refractivity contribution in [1.82, 2.24) is 9.97 Å². The molecular formula is C7H6N2O3. The highest BCUT2D eigenvalue weighted by Gasteiger charge is 2.17. The number of hydrogen-bond acceptors (Lipinski definition) is 4. The number of carbonyl (C=O) groups is 1. The van der Waals surface area contributed by atoms with Crippen molar-refractivity contribution in [2.24, 2.45) is 0 Å². The van der Waals surface area contributed by atoms with E-state index in [0.29, 0.717) is 24.2 Å². The molecule has 0 spiro atoms. The molecule has 2 rings (SSSR count). The lowest BCUT2D eigenvalue weighted by Gasteiger charge is -1.94. The predicted octanol–water partition coefficient (Wildman–Crippen LogP) is -0.387. The first-order chi connectivity index (χ1) is 5.81. The summed E-state index contributed by atoms with van der Waals surface area (Å²) < 4.78 is 5.00. The van der Waals surface area contributed by atoms with Crippen LogP contribution in [0.15, 0.2) is 4.79 Å². The molecule has 0 atom stereocenters. The van der Waals surface area contributed by atoms with Gasteiger partial charge in [-0.05, 0) is 0 Å². The highest BCUT2D eigenvalue weighted by Crippen LogP contribution is 2.11. The molecule has 0 radical (unpaired) electrons. The lowest BCUT2D eigenvalue weighted by molar-refractivity contribution is 0.111. The van der Waals surface area contributed by atoms with E-state index >= 15 is 0 Å². The van der Waals surface area contributed by atoms with E-state index in [1.54, 1.807) is 0 Å². The smallest absolute Gasteiger partial charge is 0.257 e. The van der Waals surface area contributed by atoms with Crippen molar-refractivity contribution in [3.63, 3.8) is 0 Å². The number of carbonyl (C=O) groups excluding carboxylic acids is 1. The molecule has 1 aromatic heterocycles. The third-order valence-corrected chi connectivity index (χ3v) is 1.72. The summed E-state index contributed by atoms with van der Waals surface area (Å²) in [4.78, 5) is 27.7. The van der Waals surface area contributed by atoms with Crippen LogP contribution in [0.2, 0.25) is 0 Å². The third-order valence-electron chi connectivity index (χ3n) is 1.72. The van der Waals surface area contributed by atoms with Crippen LogP contribution in [-0.4, -0.2) is 16.3 Å². The van der Waals surface area contributed by atoms with E-state index in [-0.39, 0.29) is 18.0 Å². The Kier molecular flexibility index (Phi) is 1.51. The number of aromatic amines is 1. The standard InChI is InChI=1S/C7H6N2O3/c10-1-6-8-5-3-12-2-4(5)7(11)9-6/h1H,2-3H2,(H,8,9,11). The van der Waals surface area contributed by atoms with Gasteiger partial charge >= 0.3 is 0 Å². The number of ether oxygens (including phenoxy) is 1. The van der Waals surface area contributed by atoms with Gasteiger partial charge in [0.05, 0.1) is 24.5 Å². The molecule has 0 bridgehead atoms. The molecule has 0 saturated heterocycles. The minimum Gasteiger partial charge on any atom is -0.370 e. The van der Waals surface area contributed by atoms with E-state index in [2.05, 4.69) is 9.97 Å². The quantitative estimate of drug-likeness (QED) is 0.577. The van der Waals surface area contributed by atoms with Gasteiger partial charge in [-0.25, -0.2) is 4.98 Å². The molecule has 0 saturated carbocycles. The van der Waals surface area contributed by atoms with Crippen molar-refractivity contribution in [2.45, 2.75) is 13.2 Å². The molecule has 0 amide bonds. The Bertz CT molecular complexity index is 383. The van der Waals surface area contributed by atoms with Crippen LogP contribution >= 0.6 is 0 Å². The molecule has 0 aromatic carbocycles. The predicted molar refractivity (Wildman–Crippen MR) is 38.7 cm³/mol. The molecule has 0 unspecified atom stereocenters. The average molecular weight is 166 g/mol. The van der Waals surface area contributed by atoms with Crippen LogP contribution in [-0.2, 0) is 18.0 Å². The molecule has 0 fully saturated rings. The van der Waals surface area contributed by atoms with E-state index in [1.807, 2.05) is 0 Å². The SMILES string of the molecule is O=Cc1nc2c(c(=O)[nH]1)COC2. The van der Waals surface area contributed by atoms with Crippen LogP contribution in [0.4, 0.5) is 0 Å². The average Bonchev–Trinajstić information content (AvgIpc) is 2.52. The minimum atomic E-state index is -0.278. The number of hydrogen-bond donors (Lipinski definition) is 1. The van der Waals surface area contributed by atoms with Crippen LogP contribution < -0.4 is 5.56 Å². The fraction of sp³-hybridized carbons (Fsp3) is 0.286. The summed E-state index contributed by atoms with van der Waals surface area (Å²) in [5.74, 6) is 0.0595. The van der Waals surface area contributed by atoms with Crippen LogP contribution in [0.25, 0.3) is 0 Å². The molecule has 62 valence electrons. The normalized spacial score (nSPS) is 14.3. The van der Waals surface area contributed by atoms with E-state index in [0.717, 1.165) is 0 Å². The Balaban J connectivity index is 2.66. The molecule has 1 aromatic rings. The van der Waals surface area contributed by atoms with Gasteiger partial charge in [0.1, 0.15) is 0 Å². The van der Waals surface area contributed by atoms with Crippen LogP contribution in [0, 0.1) is 0 Å². The largest absolute Gasteiger partial charge is 0.370 e. The fourth-order valence-corrected chi connectivity index (χ4v) is 1.14. The van der Waals surface area contributed by atoms with Crippen molar-refractivity contribution in [3.05, 3.63) is 27.4 Å². The zero-order valence-corrected chi connectivity index (χ0v) is 6.16. The molecule has 12 heavy (non-hydrogen) atoms. The topological polar surface area (TPSA) is 72.0 Å². The molecule has 1 aliphatic heterocycles. The second-order valence-corrected chi connectivity index (χ2v) is 2.49. The summed E-state index contributed by atoms with van der Waals surface area (Å²) >= 11 is 0. The molecule has 5 nitrogen and oxygen atoms in total. The van der Waals surface area contributed by atoms with Crippen LogP contribution in [0.5, 0.6) is 0 Å². The van der Waals surface area contributed by atoms with Gasteiger partial charge in [-0.2, -0.15) is 0 Å². The number of fused-ring (bicyclic) bond motifs is 1. The van der Waals surface area contributed by atoms with Gasteiger partial charge in [-0.1, -0.05) is 0 Å². The minimum absolute atomic E-state index is 0.0595. The number of nitrogens with one attached hydrogen (secondary N) is 1. The lowest BCUT2D eigenvalue weighted by atomic mass is 10.3. The second-order valence-electron chi connectivity index (χ2n) is 2.49. The molecular weight excluding hydrogens is 160 g/mol. The number of nitrogens with zero attached hydrogens (tertiary/aromatic N) is 1. The Labute approximate surface area is 67.4 Å². The zero-order chi connectivity index (χ0) is 8.55. The number of aldehydes is 1. The van der Waals surface area contributed by atoms with Crippen molar-refractivity contribution in [2.75, 3.05) is 0 Å². The number of rotatable bonds is 1. The van der Waals surface area contributed by atoms with Crippen LogP contribution in [0.1, 0.15) is 21.9 Å². The molecule has 1 N–H and O–H groups in total. The van der Waals surface area contributed by atoms with E-state index in [1.165, 1.54) is 0 Å². The summed E-state index contributed by atoms with van der Waals surface area (Å²) in [7, 11) is 0. The fourth-order valence-electron chi connectivity index (χ4n) is 1.14. The van der Waals surface area contributed by atoms with Crippen molar-refractivity contribution < 1.29 is 9.53 Å². The van der Waals surface area contributed by atoms with Crippen molar-refractivity contribution >= 4 is 6.29 Å². The second kappa shape index (κ2) is 2.53. The molecule has 1 aliphatic rings. The van der Waals surface area contributed by atoms with Crippen LogP contribution in [0.3, 0.4) is 0 Å². The van der Waals surface area contributed by atoms with Gasteiger partial charge in [0.2, 0.25) is 0 Å². The maximum Gasteiger partial charge on any atom is 0.257 e. The highest BCUT2D eigenvalue weighted by molar-refractivity contribution is 5.68. The number of H-pyrrole nitrogens is 1. The first kappa shape index (κ1) is 7.17.